The van der Waals surface area contributed by atoms with Gasteiger partial charge in [-0.05, 0) is 49.6 Å². The molecule has 0 aromatic heterocycles. The third kappa shape index (κ3) is 4.66. The molecule has 1 N–H and O–H groups in total. The van der Waals surface area contributed by atoms with Gasteiger partial charge in [0.2, 0.25) is 0 Å². The summed E-state index contributed by atoms with van der Waals surface area (Å²) in [4.78, 5) is 26.8. The topological polar surface area (TPSA) is 85.3 Å². The van der Waals surface area contributed by atoms with Crippen molar-refractivity contribution >= 4 is 23.1 Å². The van der Waals surface area contributed by atoms with Crippen LogP contribution in [0.15, 0.2) is 48.2 Å². The molecular formula is C24H27NO6. The first kappa shape index (κ1) is 22.2. The summed E-state index contributed by atoms with van der Waals surface area (Å²) < 4.78 is 16.8. The highest BCUT2D eigenvalue weighted by Gasteiger charge is 2.40. The van der Waals surface area contributed by atoms with Crippen molar-refractivity contribution < 1.29 is 28.9 Å². The van der Waals surface area contributed by atoms with E-state index in [4.69, 9.17) is 14.2 Å². The van der Waals surface area contributed by atoms with Crippen LogP contribution in [0.5, 0.6) is 17.2 Å². The van der Waals surface area contributed by atoms with Crippen LogP contribution in [0.4, 0.5) is 5.69 Å². The zero-order valence-electron chi connectivity index (χ0n) is 18.2. The number of hydrogen-bond donors (Lipinski definition) is 1. The van der Waals surface area contributed by atoms with Crippen LogP contribution in [-0.4, -0.2) is 36.7 Å². The molecule has 2 amide bonds. The minimum absolute atomic E-state index is 0.0488. The Morgan fingerprint density at radius 3 is 2.13 bits per heavy atom. The van der Waals surface area contributed by atoms with Crippen molar-refractivity contribution in [3.05, 3.63) is 53.8 Å². The number of carbonyl (C=O) groups is 2. The van der Waals surface area contributed by atoms with E-state index >= 15 is 0 Å². The molecule has 0 spiro atoms. The first-order valence-electron chi connectivity index (χ1n) is 10.3. The molecule has 7 heteroatoms. The fourth-order valence-electron chi connectivity index (χ4n) is 3.17. The van der Waals surface area contributed by atoms with Gasteiger partial charge in [-0.25, -0.2) is 4.90 Å². The van der Waals surface area contributed by atoms with Crippen LogP contribution in [-0.2, 0) is 9.59 Å². The number of ether oxygens (including phenoxy) is 3. The van der Waals surface area contributed by atoms with Crippen LogP contribution >= 0.6 is 0 Å². The number of aliphatic hydroxyl groups excluding tert-OH is 1. The predicted molar refractivity (Wildman–Crippen MR) is 118 cm³/mol. The second-order valence-electron chi connectivity index (χ2n) is 7.40. The molecule has 3 rings (SSSR count). The second-order valence-corrected chi connectivity index (χ2v) is 7.40. The molecule has 0 radical (unpaired) electrons. The van der Waals surface area contributed by atoms with E-state index in [2.05, 4.69) is 0 Å². The van der Waals surface area contributed by atoms with E-state index in [9.17, 15) is 14.7 Å². The van der Waals surface area contributed by atoms with Gasteiger partial charge in [0.15, 0.2) is 17.3 Å². The van der Waals surface area contributed by atoms with Gasteiger partial charge in [0.1, 0.15) is 5.75 Å². The van der Waals surface area contributed by atoms with E-state index in [0.29, 0.717) is 54.2 Å². The average Bonchev–Trinajstić information content (AvgIpc) is 2.97. The van der Waals surface area contributed by atoms with Gasteiger partial charge in [-0.3, -0.25) is 9.59 Å². The van der Waals surface area contributed by atoms with Crippen molar-refractivity contribution in [2.45, 2.75) is 27.7 Å². The normalized spacial score (nSPS) is 13.9. The molecule has 7 nitrogen and oxygen atoms in total. The van der Waals surface area contributed by atoms with Crippen molar-refractivity contribution in [1.29, 1.82) is 0 Å². The zero-order chi connectivity index (χ0) is 22.5. The lowest BCUT2D eigenvalue weighted by atomic mass is 10.1. The number of carbonyl (C=O) groups excluding carboxylic acids is 2. The van der Waals surface area contributed by atoms with Gasteiger partial charge < -0.3 is 19.3 Å². The second kappa shape index (κ2) is 9.55. The monoisotopic (exact) mass is 425 g/mol. The van der Waals surface area contributed by atoms with Crippen LogP contribution < -0.4 is 19.1 Å². The summed E-state index contributed by atoms with van der Waals surface area (Å²) >= 11 is 0. The first-order chi connectivity index (χ1) is 14.9. The van der Waals surface area contributed by atoms with Crippen molar-refractivity contribution in [2.75, 3.05) is 24.7 Å². The number of nitrogens with zero attached hydrogens (tertiary/aromatic N) is 1. The SMILES string of the molecule is CCOc1ccc(N2C(=O)C(O)=C(c3ccc(OCC(C)C)cc3)C2=O)cc1OCC. The van der Waals surface area contributed by atoms with Crippen molar-refractivity contribution in [2.24, 2.45) is 5.92 Å². The largest absolute Gasteiger partial charge is 0.502 e. The number of benzene rings is 2. The average molecular weight is 425 g/mol. The first-order valence-corrected chi connectivity index (χ1v) is 10.3. The van der Waals surface area contributed by atoms with Crippen molar-refractivity contribution in [1.82, 2.24) is 0 Å². The van der Waals surface area contributed by atoms with Crippen molar-refractivity contribution in [3.8, 4) is 17.2 Å². The molecule has 0 saturated heterocycles. The highest BCUT2D eigenvalue weighted by atomic mass is 16.5. The van der Waals surface area contributed by atoms with E-state index in [1.54, 1.807) is 42.5 Å². The summed E-state index contributed by atoms with van der Waals surface area (Å²) in [5, 5.41) is 10.5. The van der Waals surface area contributed by atoms with Crippen molar-refractivity contribution in [3.63, 3.8) is 0 Å². The molecule has 2 aromatic rings. The number of amides is 2. The van der Waals surface area contributed by atoms with E-state index in [1.807, 2.05) is 27.7 Å². The van der Waals surface area contributed by atoms with E-state index < -0.39 is 17.6 Å². The maximum atomic E-state index is 13.1. The van der Waals surface area contributed by atoms with E-state index in [0.717, 1.165) is 4.90 Å². The quantitative estimate of drug-likeness (QED) is 0.601. The number of rotatable bonds is 9. The Hall–Kier alpha value is -3.48. The Bertz CT molecular complexity index is 994. The minimum Gasteiger partial charge on any atom is -0.502 e. The van der Waals surface area contributed by atoms with Gasteiger partial charge in [-0.1, -0.05) is 26.0 Å². The van der Waals surface area contributed by atoms with Gasteiger partial charge in [-0.15, -0.1) is 0 Å². The summed E-state index contributed by atoms with van der Waals surface area (Å²) in [7, 11) is 0. The standard InChI is InChI=1S/C24H27NO6/c1-5-29-19-12-9-17(13-20(19)30-6-2)25-23(27)21(22(26)24(25)28)16-7-10-18(11-8-16)31-14-15(3)4/h7-13,15,26H,5-6,14H2,1-4H3. The van der Waals surface area contributed by atoms with E-state index in [-0.39, 0.29) is 5.57 Å². The third-order valence-electron chi connectivity index (χ3n) is 4.57. The summed E-state index contributed by atoms with van der Waals surface area (Å²) in [5.74, 6) is -0.0169. The van der Waals surface area contributed by atoms with Gasteiger partial charge in [-0.2, -0.15) is 0 Å². The molecule has 0 aliphatic carbocycles. The van der Waals surface area contributed by atoms with Crippen LogP contribution in [0.3, 0.4) is 0 Å². The number of aliphatic hydroxyl groups is 1. The zero-order valence-corrected chi connectivity index (χ0v) is 18.2. The maximum absolute atomic E-state index is 13.1. The molecule has 0 bridgehead atoms. The van der Waals surface area contributed by atoms with Gasteiger partial charge in [0, 0.05) is 6.07 Å². The number of anilines is 1. The Kier molecular flexibility index (Phi) is 6.84. The highest BCUT2D eigenvalue weighted by molar-refractivity contribution is 6.44. The lowest BCUT2D eigenvalue weighted by molar-refractivity contribution is -0.121. The summed E-state index contributed by atoms with van der Waals surface area (Å²) in [6.45, 7) is 9.19. The number of hydrogen-bond acceptors (Lipinski definition) is 6. The van der Waals surface area contributed by atoms with Gasteiger partial charge in [0.05, 0.1) is 31.1 Å². The molecule has 0 fully saturated rings. The Balaban J connectivity index is 1.88. The van der Waals surface area contributed by atoms with Crippen LogP contribution in [0.1, 0.15) is 33.3 Å². The van der Waals surface area contributed by atoms with Gasteiger partial charge in [0.25, 0.3) is 5.91 Å². The lowest BCUT2D eigenvalue weighted by Gasteiger charge is -2.18. The van der Waals surface area contributed by atoms with E-state index in [1.165, 1.54) is 0 Å². The Morgan fingerprint density at radius 1 is 0.871 bits per heavy atom. The summed E-state index contributed by atoms with van der Waals surface area (Å²) in [5.41, 5.74) is 0.679. The van der Waals surface area contributed by atoms with Crippen LogP contribution in [0.2, 0.25) is 0 Å². The summed E-state index contributed by atoms with van der Waals surface area (Å²) in [6, 6.07) is 11.5. The molecule has 0 unspecified atom stereocenters. The molecular weight excluding hydrogens is 398 g/mol. The predicted octanol–water partition coefficient (Wildman–Crippen LogP) is 4.36. The molecule has 0 saturated carbocycles. The molecule has 1 heterocycles. The minimum atomic E-state index is -0.785. The number of imide groups is 1. The Labute approximate surface area is 181 Å². The highest BCUT2D eigenvalue weighted by Crippen LogP contribution is 2.37. The lowest BCUT2D eigenvalue weighted by Crippen LogP contribution is -2.31. The molecule has 31 heavy (non-hydrogen) atoms. The molecule has 2 aromatic carbocycles. The maximum Gasteiger partial charge on any atom is 0.301 e. The summed E-state index contributed by atoms with van der Waals surface area (Å²) in [6.07, 6.45) is 0. The Morgan fingerprint density at radius 2 is 1.52 bits per heavy atom. The van der Waals surface area contributed by atoms with Crippen LogP contribution in [0, 0.1) is 5.92 Å². The molecule has 1 aliphatic rings. The molecule has 164 valence electrons. The van der Waals surface area contributed by atoms with Crippen LogP contribution in [0.25, 0.3) is 5.57 Å². The smallest absolute Gasteiger partial charge is 0.301 e. The van der Waals surface area contributed by atoms with Gasteiger partial charge >= 0.3 is 5.91 Å². The fourth-order valence-corrected chi connectivity index (χ4v) is 3.17. The molecule has 0 atom stereocenters. The fraction of sp³-hybridized carbons (Fsp3) is 0.333. The molecule has 1 aliphatic heterocycles. The third-order valence-corrected chi connectivity index (χ3v) is 4.57.